The van der Waals surface area contributed by atoms with Crippen LogP contribution in [0.4, 0.5) is 0 Å². The molecule has 0 amide bonds. The maximum Gasteiger partial charge on any atom is 0.215 e. The molecule has 0 bridgehead atoms. The van der Waals surface area contributed by atoms with Gasteiger partial charge in [0.05, 0.1) is 6.04 Å². The zero-order valence-corrected chi connectivity index (χ0v) is 13.0. The third-order valence-corrected chi connectivity index (χ3v) is 5.02. The SMILES string of the molecule is Clc1cc(Sc2nnnn2C2CCCC2)nc(C2CC2)n1. The standard InChI is InChI=1S/C13H15ClN6S/c14-10-7-11(16-12(15-10)8-5-6-8)21-13-17-18-19-20(13)9-3-1-2-4-9/h7-9H,1-6H2. The predicted octanol–water partition coefficient (Wildman–Crippen LogP) is 3.26. The lowest BCUT2D eigenvalue weighted by atomic mass is 10.3. The Labute approximate surface area is 131 Å². The molecule has 4 rings (SSSR count). The molecule has 2 heterocycles. The molecule has 2 aromatic heterocycles. The van der Waals surface area contributed by atoms with Crippen molar-refractivity contribution in [2.75, 3.05) is 0 Å². The number of rotatable bonds is 4. The smallest absolute Gasteiger partial charge is 0.215 e. The summed E-state index contributed by atoms with van der Waals surface area (Å²) in [4.78, 5) is 8.90. The Balaban J connectivity index is 1.59. The van der Waals surface area contributed by atoms with E-state index in [-0.39, 0.29) is 0 Å². The molecule has 0 aliphatic heterocycles. The highest BCUT2D eigenvalue weighted by Gasteiger charge is 2.28. The van der Waals surface area contributed by atoms with Crippen molar-refractivity contribution < 1.29 is 0 Å². The molecule has 2 aliphatic rings. The molecule has 0 unspecified atom stereocenters. The second-order valence-corrected chi connectivity index (χ2v) is 6.98. The second-order valence-electron chi connectivity index (χ2n) is 5.61. The first-order chi connectivity index (χ1) is 10.3. The molecular weight excluding hydrogens is 308 g/mol. The largest absolute Gasteiger partial charge is 0.226 e. The van der Waals surface area contributed by atoms with Gasteiger partial charge in [-0.05, 0) is 47.9 Å². The number of hydrogen-bond acceptors (Lipinski definition) is 6. The van der Waals surface area contributed by atoms with Gasteiger partial charge in [0, 0.05) is 12.0 Å². The maximum atomic E-state index is 6.11. The highest BCUT2D eigenvalue weighted by atomic mass is 35.5. The van der Waals surface area contributed by atoms with Crippen molar-refractivity contribution in [1.29, 1.82) is 0 Å². The van der Waals surface area contributed by atoms with Crippen LogP contribution >= 0.6 is 23.4 Å². The highest BCUT2D eigenvalue weighted by Crippen LogP contribution is 2.40. The summed E-state index contributed by atoms with van der Waals surface area (Å²) in [5.74, 6) is 1.33. The van der Waals surface area contributed by atoms with Gasteiger partial charge >= 0.3 is 0 Å². The highest BCUT2D eigenvalue weighted by molar-refractivity contribution is 7.99. The van der Waals surface area contributed by atoms with E-state index in [1.54, 1.807) is 6.07 Å². The monoisotopic (exact) mass is 322 g/mol. The topological polar surface area (TPSA) is 69.4 Å². The summed E-state index contributed by atoms with van der Waals surface area (Å²) in [5, 5.41) is 14.2. The number of aromatic nitrogens is 6. The quantitative estimate of drug-likeness (QED) is 0.805. The van der Waals surface area contributed by atoms with Crippen LogP contribution in [0, 0.1) is 0 Å². The summed E-state index contributed by atoms with van der Waals surface area (Å²) < 4.78 is 1.93. The third-order valence-electron chi connectivity index (χ3n) is 3.96. The molecule has 6 nitrogen and oxygen atoms in total. The van der Waals surface area contributed by atoms with Crippen LogP contribution in [0.25, 0.3) is 0 Å². The summed E-state index contributed by atoms with van der Waals surface area (Å²) >= 11 is 7.58. The Morgan fingerprint density at radius 3 is 2.71 bits per heavy atom. The zero-order chi connectivity index (χ0) is 14.2. The van der Waals surface area contributed by atoms with Crippen molar-refractivity contribution in [3.05, 3.63) is 17.0 Å². The Hall–Kier alpha value is -1.21. The molecule has 0 atom stereocenters. The Morgan fingerprint density at radius 1 is 1.14 bits per heavy atom. The maximum absolute atomic E-state index is 6.11. The van der Waals surface area contributed by atoms with Crippen LogP contribution in [0.5, 0.6) is 0 Å². The van der Waals surface area contributed by atoms with Crippen molar-refractivity contribution in [1.82, 2.24) is 30.2 Å². The fourth-order valence-corrected chi connectivity index (χ4v) is 3.82. The van der Waals surface area contributed by atoms with Crippen LogP contribution in [0.15, 0.2) is 16.2 Å². The molecule has 2 aromatic rings. The van der Waals surface area contributed by atoms with Crippen molar-refractivity contribution in [2.24, 2.45) is 0 Å². The summed E-state index contributed by atoms with van der Waals surface area (Å²) in [6.07, 6.45) is 7.11. The van der Waals surface area contributed by atoms with E-state index in [0.717, 1.165) is 41.7 Å². The summed E-state index contributed by atoms with van der Waals surface area (Å²) in [7, 11) is 0. The van der Waals surface area contributed by atoms with Crippen LogP contribution in [-0.4, -0.2) is 30.2 Å². The third kappa shape index (κ3) is 2.89. The predicted molar refractivity (Wildman–Crippen MR) is 78.5 cm³/mol. The fraction of sp³-hybridized carbons (Fsp3) is 0.615. The average Bonchev–Trinajstić information content (AvgIpc) is 2.98. The van der Waals surface area contributed by atoms with Crippen LogP contribution in [-0.2, 0) is 0 Å². The van der Waals surface area contributed by atoms with E-state index in [0.29, 0.717) is 17.1 Å². The van der Waals surface area contributed by atoms with E-state index in [4.69, 9.17) is 11.6 Å². The molecule has 0 saturated heterocycles. The van der Waals surface area contributed by atoms with Gasteiger partial charge in [-0.15, -0.1) is 5.10 Å². The summed E-state index contributed by atoms with van der Waals surface area (Å²) in [6.45, 7) is 0. The summed E-state index contributed by atoms with van der Waals surface area (Å²) in [5.41, 5.74) is 0. The fourth-order valence-electron chi connectivity index (χ4n) is 2.71. The van der Waals surface area contributed by atoms with Crippen molar-refractivity contribution in [3.8, 4) is 0 Å². The first kappa shape index (κ1) is 13.5. The van der Waals surface area contributed by atoms with E-state index in [1.165, 1.54) is 24.6 Å². The molecule has 0 spiro atoms. The van der Waals surface area contributed by atoms with Gasteiger partial charge in [-0.25, -0.2) is 14.6 Å². The van der Waals surface area contributed by atoms with Crippen molar-refractivity contribution in [3.63, 3.8) is 0 Å². The van der Waals surface area contributed by atoms with E-state index < -0.39 is 0 Å². The Morgan fingerprint density at radius 2 is 1.95 bits per heavy atom. The van der Waals surface area contributed by atoms with Gasteiger partial charge in [-0.1, -0.05) is 24.4 Å². The van der Waals surface area contributed by atoms with Gasteiger partial charge in [0.1, 0.15) is 16.0 Å². The lowest BCUT2D eigenvalue weighted by Crippen LogP contribution is -2.08. The lowest BCUT2D eigenvalue weighted by Gasteiger charge is -2.10. The van der Waals surface area contributed by atoms with Crippen LogP contribution in [0.2, 0.25) is 5.15 Å². The number of tetrazole rings is 1. The van der Waals surface area contributed by atoms with Crippen LogP contribution in [0.3, 0.4) is 0 Å². The first-order valence-corrected chi connectivity index (χ1v) is 8.49. The van der Waals surface area contributed by atoms with E-state index in [2.05, 4.69) is 25.5 Å². The van der Waals surface area contributed by atoms with Crippen molar-refractivity contribution >= 4 is 23.4 Å². The molecule has 8 heteroatoms. The van der Waals surface area contributed by atoms with Gasteiger partial charge in [0.25, 0.3) is 0 Å². The molecule has 2 fully saturated rings. The molecule has 0 N–H and O–H groups in total. The lowest BCUT2D eigenvalue weighted by molar-refractivity contribution is 0.423. The Kier molecular flexibility index (Phi) is 3.54. The van der Waals surface area contributed by atoms with Gasteiger partial charge < -0.3 is 0 Å². The number of nitrogens with zero attached hydrogens (tertiary/aromatic N) is 6. The summed E-state index contributed by atoms with van der Waals surface area (Å²) in [6, 6.07) is 2.20. The normalized spacial score (nSPS) is 19.3. The van der Waals surface area contributed by atoms with Gasteiger partial charge in [0.15, 0.2) is 0 Å². The molecule has 21 heavy (non-hydrogen) atoms. The number of hydrogen-bond donors (Lipinski definition) is 0. The van der Waals surface area contributed by atoms with Crippen molar-refractivity contribution in [2.45, 2.75) is 60.7 Å². The van der Waals surface area contributed by atoms with Gasteiger partial charge in [-0.2, -0.15) is 0 Å². The van der Waals surface area contributed by atoms with Crippen LogP contribution < -0.4 is 0 Å². The van der Waals surface area contributed by atoms with Gasteiger partial charge in [0.2, 0.25) is 5.16 Å². The molecule has 0 radical (unpaired) electrons. The molecule has 2 saturated carbocycles. The minimum atomic E-state index is 0.419. The van der Waals surface area contributed by atoms with Gasteiger partial charge in [-0.3, -0.25) is 0 Å². The zero-order valence-electron chi connectivity index (χ0n) is 11.4. The number of halogens is 1. The minimum absolute atomic E-state index is 0.419. The van der Waals surface area contributed by atoms with E-state index >= 15 is 0 Å². The Bertz CT molecular complexity index is 650. The van der Waals surface area contributed by atoms with E-state index in [9.17, 15) is 0 Å². The second kappa shape index (κ2) is 5.53. The molecular formula is C13H15ClN6S. The average molecular weight is 323 g/mol. The molecule has 2 aliphatic carbocycles. The molecule has 110 valence electrons. The molecule has 0 aromatic carbocycles. The van der Waals surface area contributed by atoms with Crippen LogP contribution in [0.1, 0.15) is 56.3 Å². The van der Waals surface area contributed by atoms with E-state index in [1.807, 2.05) is 4.68 Å². The minimum Gasteiger partial charge on any atom is -0.226 e. The first-order valence-electron chi connectivity index (χ1n) is 7.30.